The van der Waals surface area contributed by atoms with Gasteiger partial charge in [-0.1, -0.05) is 11.6 Å². The monoisotopic (exact) mass is 267 g/mol. The fourth-order valence-corrected chi connectivity index (χ4v) is 5.65. The number of rotatable bonds is 1. The average Bonchev–Trinajstić information content (AvgIpc) is 2.27. The Kier molecular flexibility index (Phi) is 3.27. The molecule has 0 spiro atoms. The van der Waals surface area contributed by atoms with E-state index in [1.54, 1.807) is 24.8 Å². The molecule has 4 bridgehead atoms. The van der Waals surface area contributed by atoms with E-state index in [0.29, 0.717) is 5.54 Å². The third-order valence-electron chi connectivity index (χ3n) is 6.11. The van der Waals surface area contributed by atoms with Gasteiger partial charge in [0.25, 0.3) is 0 Å². The topological polar surface area (TPSA) is 3.24 Å². The van der Waals surface area contributed by atoms with E-state index in [9.17, 15) is 0 Å². The fourth-order valence-electron chi connectivity index (χ4n) is 5.65. The molecule has 0 radical (unpaired) electrons. The lowest BCUT2D eigenvalue weighted by Gasteiger charge is -2.61. The summed E-state index contributed by atoms with van der Waals surface area (Å²) in [4.78, 5) is 2.87. The van der Waals surface area contributed by atoms with Crippen LogP contribution in [-0.4, -0.2) is 23.5 Å². The minimum absolute atomic E-state index is 0. The van der Waals surface area contributed by atoms with Crippen LogP contribution in [0, 0.1) is 17.8 Å². The van der Waals surface area contributed by atoms with Gasteiger partial charge in [0.1, 0.15) is 0 Å². The first-order valence-electron chi connectivity index (χ1n) is 7.64. The van der Waals surface area contributed by atoms with Crippen LogP contribution in [0.15, 0.2) is 11.6 Å². The standard InChI is InChI=1S/C16H25N.ClH/c1-12-2-4-17(5-3-12)16-9-13-6-14(10-16)8-15(7-13)11-16;/h2,13-15H,3-11H2,1H3;1H. The van der Waals surface area contributed by atoms with Crippen LogP contribution >= 0.6 is 12.4 Å². The van der Waals surface area contributed by atoms with Crippen molar-refractivity contribution in [3.63, 3.8) is 0 Å². The molecule has 5 rings (SSSR count). The maximum atomic E-state index is 2.87. The smallest absolute Gasteiger partial charge is 0.0220 e. The van der Waals surface area contributed by atoms with Crippen LogP contribution in [0.3, 0.4) is 0 Å². The van der Waals surface area contributed by atoms with Crippen LogP contribution in [0.5, 0.6) is 0 Å². The van der Waals surface area contributed by atoms with Crippen molar-refractivity contribution < 1.29 is 0 Å². The molecule has 0 amide bonds. The molecule has 5 aliphatic rings. The van der Waals surface area contributed by atoms with Crippen LogP contribution in [0.4, 0.5) is 0 Å². The van der Waals surface area contributed by atoms with E-state index in [1.807, 2.05) is 0 Å². The normalized spacial score (nSPS) is 46.7. The third kappa shape index (κ3) is 1.94. The second-order valence-corrected chi connectivity index (χ2v) is 7.39. The summed E-state index contributed by atoms with van der Waals surface area (Å²) in [5.74, 6) is 3.27. The maximum absolute atomic E-state index is 2.87. The Bertz CT molecular complexity index is 325. The molecular formula is C16H26ClN. The summed E-state index contributed by atoms with van der Waals surface area (Å²) in [6.45, 7) is 4.89. The van der Waals surface area contributed by atoms with E-state index in [-0.39, 0.29) is 12.4 Å². The van der Waals surface area contributed by atoms with Crippen molar-refractivity contribution in [2.24, 2.45) is 17.8 Å². The largest absolute Gasteiger partial charge is 0.294 e. The third-order valence-corrected chi connectivity index (χ3v) is 6.11. The maximum Gasteiger partial charge on any atom is 0.0220 e. The zero-order valence-electron chi connectivity index (χ0n) is 11.5. The molecule has 0 aromatic heterocycles. The highest BCUT2D eigenvalue weighted by molar-refractivity contribution is 5.85. The average molecular weight is 268 g/mol. The molecule has 4 aliphatic carbocycles. The van der Waals surface area contributed by atoms with Gasteiger partial charge in [0.05, 0.1) is 0 Å². The lowest BCUT2D eigenvalue weighted by Crippen LogP contribution is -2.60. The molecule has 0 N–H and O–H groups in total. The first-order chi connectivity index (χ1) is 8.23. The highest BCUT2D eigenvalue weighted by Crippen LogP contribution is 2.57. The molecular weight excluding hydrogens is 242 g/mol. The van der Waals surface area contributed by atoms with E-state index < -0.39 is 0 Å². The Morgan fingerprint density at radius 3 is 2.06 bits per heavy atom. The number of hydrogen-bond donors (Lipinski definition) is 0. The summed E-state index contributed by atoms with van der Waals surface area (Å²) in [5.41, 5.74) is 2.26. The molecule has 0 atom stereocenters. The van der Waals surface area contributed by atoms with E-state index in [2.05, 4.69) is 17.9 Å². The SMILES string of the molecule is CC1=CCN(C23CC4CC(CC(C4)C2)C3)CC1.Cl. The predicted molar refractivity (Wildman–Crippen MR) is 78.1 cm³/mol. The summed E-state index contributed by atoms with van der Waals surface area (Å²) in [5, 5.41) is 0. The second kappa shape index (κ2) is 4.52. The zero-order valence-corrected chi connectivity index (χ0v) is 12.3. The first-order valence-corrected chi connectivity index (χ1v) is 7.64. The Morgan fingerprint density at radius 1 is 1.06 bits per heavy atom. The van der Waals surface area contributed by atoms with Gasteiger partial charge < -0.3 is 0 Å². The van der Waals surface area contributed by atoms with Gasteiger partial charge >= 0.3 is 0 Å². The predicted octanol–water partition coefficient (Wildman–Crippen LogP) is 4.03. The highest BCUT2D eigenvalue weighted by Gasteiger charge is 2.53. The molecule has 1 nitrogen and oxygen atoms in total. The van der Waals surface area contributed by atoms with E-state index in [0.717, 1.165) is 17.8 Å². The Hall–Kier alpha value is -0.0100. The van der Waals surface area contributed by atoms with Gasteiger partial charge in [-0.05, 0) is 69.6 Å². The van der Waals surface area contributed by atoms with Crippen molar-refractivity contribution in [1.82, 2.24) is 4.90 Å². The lowest BCUT2D eigenvalue weighted by molar-refractivity contribution is -0.0857. The molecule has 0 aromatic rings. The Balaban J connectivity index is 0.000001000. The Morgan fingerprint density at radius 2 is 1.61 bits per heavy atom. The van der Waals surface area contributed by atoms with Crippen molar-refractivity contribution in [1.29, 1.82) is 0 Å². The van der Waals surface area contributed by atoms with Gasteiger partial charge in [-0.25, -0.2) is 0 Å². The molecule has 0 saturated heterocycles. The van der Waals surface area contributed by atoms with Gasteiger partial charge in [0.15, 0.2) is 0 Å². The lowest BCUT2D eigenvalue weighted by atomic mass is 9.52. The van der Waals surface area contributed by atoms with Crippen molar-refractivity contribution >= 4 is 12.4 Å². The summed E-state index contributed by atoms with van der Waals surface area (Å²) >= 11 is 0. The molecule has 0 aromatic carbocycles. The second-order valence-electron chi connectivity index (χ2n) is 7.39. The van der Waals surface area contributed by atoms with Gasteiger partial charge in [0.2, 0.25) is 0 Å². The van der Waals surface area contributed by atoms with Crippen LogP contribution in [0.25, 0.3) is 0 Å². The quantitative estimate of drug-likeness (QED) is 0.649. The van der Waals surface area contributed by atoms with Gasteiger partial charge in [-0.3, -0.25) is 4.90 Å². The van der Waals surface area contributed by atoms with Crippen molar-refractivity contribution in [2.45, 2.75) is 57.4 Å². The molecule has 18 heavy (non-hydrogen) atoms. The first kappa shape index (κ1) is 13.0. The number of halogens is 1. The molecule has 4 fully saturated rings. The molecule has 1 aliphatic heterocycles. The summed E-state index contributed by atoms with van der Waals surface area (Å²) < 4.78 is 0. The van der Waals surface area contributed by atoms with Crippen LogP contribution in [-0.2, 0) is 0 Å². The highest BCUT2D eigenvalue weighted by atomic mass is 35.5. The van der Waals surface area contributed by atoms with Gasteiger partial charge in [0, 0.05) is 18.6 Å². The van der Waals surface area contributed by atoms with E-state index in [4.69, 9.17) is 0 Å². The fraction of sp³-hybridized carbons (Fsp3) is 0.875. The van der Waals surface area contributed by atoms with Crippen molar-refractivity contribution in [3.05, 3.63) is 11.6 Å². The molecule has 4 saturated carbocycles. The minimum Gasteiger partial charge on any atom is -0.294 e. The summed E-state index contributed by atoms with van der Waals surface area (Å²) in [7, 11) is 0. The minimum atomic E-state index is 0. The van der Waals surface area contributed by atoms with Gasteiger partial charge in [-0.15, -0.1) is 12.4 Å². The van der Waals surface area contributed by atoms with Crippen LogP contribution in [0.2, 0.25) is 0 Å². The molecule has 2 heteroatoms. The van der Waals surface area contributed by atoms with Crippen LogP contribution < -0.4 is 0 Å². The van der Waals surface area contributed by atoms with Crippen LogP contribution in [0.1, 0.15) is 51.9 Å². The van der Waals surface area contributed by atoms with E-state index in [1.165, 1.54) is 38.8 Å². The Labute approximate surface area is 117 Å². The summed E-state index contributed by atoms with van der Waals surface area (Å²) in [6, 6.07) is 0. The number of nitrogens with zero attached hydrogens (tertiary/aromatic N) is 1. The van der Waals surface area contributed by atoms with Crippen molar-refractivity contribution in [2.75, 3.05) is 13.1 Å². The summed E-state index contributed by atoms with van der Waals surface area (Å²) in [6.07, 6.45) is 13.1. The number of hydrogen-bond acceptors (Lipinski definition) is 1. The molecule has 1 heterocycles. The molecule has 0 unspecified atom stereocenters. The molecule has 102 valence electrons. The van der Waals surface area contributed by atoms with Gasteiger partial charge in [-0.2, -0.15) is 0 Å². The van der Waals surface area contributed by atoms with E-state index >= 15 is 0 Å². The van der Waals surface area contributed by atoms with Crippen molar-refractivity contribution in [3.8, 4) is 0 Å². The zero-order chi connectivity index (χ0) is 11.5.